The SMILES string of the molecule is Brc1ccc2nc3n(c2n1)[C@H](c1ccccc1)[C@H]1CC3O1. The molecular formula is C16H12BrN3O. The Morgan fingerprint density at radius 3 is 2.71 bits per heavy atom. The highest BCUT2D eigenvalue weighted by atomic mass is 79.9. The van der Waals surface area contributed by atoms with Crippen molar-refractivity contribution in [2.24, 2.45) is 0 Å². The standard InChI is InChI=1S/C16H12BrN3O/c17-13-7-6-10-15(19-13)20-14(9-4-2-1-3-5-9)11-8-12(21-11)16(20)18-10/h1-7,11-12,14H,8H2/t11-,12?,14-/m1/s1. The van der Waals surface area contributed by atoms with Crippen LogP contribution in [0.25, 0.3) is 11.2 Å². The molecule has 3 aliphatic rings. The Balaban J connectivity index is 1.80. The molecule has 1 fully saturated rings. The zero-order valence-corrected chi connectivity index (χ0v) is 12.7. The predicted molar refractivity (Wildman–Crippen MR) is 82.0 cm³/mol. The maximum atomic E-state index is 6.01. The summed E-state index contributed by atoms with van der Waals surface area (Å²) in [6.07, 6.45) is 1.40. The third-order valence-electron chi connectivity index (χ3n) is 4.38. The van der Waals surface area contributed by atoms with Crippen LogP contribution in [0.2, 0.25) is 0 Å². The van der Waals surface area contributed by atoms with Crippen molar-refractivity contribution in [3.63, 3.8) is 0 Å². The summed E-state index contributed by atoms with van der Waals surface area (Å²) < 4.78 is 9.10. The van der Waals surface area contributed by atoms with Gasteiger partial charge in [0, 0.05) is 6.42 Å². The Hall–Kier alpha value is -1.72. The summed E-state index contributed by atoms with van der Waals surface area (Å²) in [7, 11) is 0. The van der Waals surface area contributed by atoms with E-state index in [-0.39, 0.29) is 18.2 Å². The molecule has 4 nitrogen and oxygen atoms in total. The second-order valence-electron chi connectivity index (χ2n) is 5.57. The van der Waals surface area contributed by atoms with E-state index in [1.54, 1.807) is 0 Å². The van der Waals surface area contributed by atoms with Crippen molar-refractivity contribution in [1.29, 1.82) is 0 Å². The molecule has 3 aliphatic heterocycles. The second kappa shape index (κ2) is 4.15. The van der Waals surface area contributed by atoms with Crippen LogP contribution in [0.4, 0.5) is 0 Å². The van der Waals surface area contributed by atoms with Crippen LogP contribution < -0.4 is 0 Å². The van der Waals surface area contributed by atoms with Gasteiger partial charge in [0.1, 0.15) is 22.0 Å². The lowest BCUT2D eigenvalue weighted by molar-refractivity contribution is -0.168. The third kappa shape index (κ3) is 1.59. The Kier molecular flexibility index (Phi) is 2.35. The molecule has 0 spiro atoms. The van der Waals surface area contributed by atoms with Gasteiger partial charge in [-0.15, -0.1) is 0 Å². The van der Waals surface area contributed by atoms with Crippen molar-refractivity contribution < 1.29 is 4.74 Å². The first kappa shape index (κ1) is 11.9. The van der Waals surface area contributed by atoms with E-state index in [4.69, 9.17) is 9.72 Å². The van der Waals surface area contributed by atoms with Gasteiger partial charge in [-0.3, -0.25) is 0 Å². The van der Waals surface area contributed by atoms with Crippen LogP contribution in [-0.2, 0) is 4.74 Å². The van der Waals surface area contributed by atoms with Crippen LogP contribution in [-0.4, -0.2) is 20.6 Å². The molecule has 0 radical (unpaired) electrons. The molecule has 3 atom stereocenters. The molecule has 2 aromatic heterocycles. The van der Waals surface area contributed by atoms with Crippen molar-refractivity contribution in [1.82, 2.24) is 14.5 Å². The molecule has 0 aliphatic carbocycles. The molecule has 21 heavy (non-hydrogen) atoms. The lowest BCUT2D eigenvalue weighted by Gasteiger charge is -2.46. The Morgan fingerprint density at radius 1 is 1.10 bits per heavy atom. The lowest BCUT2D eigenvalue weighted by Crippen LogP contribution is -2.46. The fourth-order valence-corrected chi connectivity index (χ4v) is 3.73. The summed E-state index contributed by atoms with van der Waals surface area (Å²) in [5.74, 6) is 1.01. The van der Waals surface area contributed by atoms with Crippen LogP contribution in [0.5, 0.6) is 0 Å². The van der Waals surface area contributed by atoms with E-state index in [0.717, 1.165) is 28.0 Å². The van der Waals surface area contributed by atoms with E-state index in [1.165, 1.54) is 5.56 Å². The van der Waals surface area contributed by atoms with Gasteiger partial charge in [-0.05, 0) is 33.6 Å². The summed E-state index contributed by atoms with van der Waals surface area (Å²) in [6, 6.07) is 14.6. The van der Waals surface area contributed by atoms with Gasteiger partial charge in [0.25, 0.3) is 0 Å². The van der Waals surface area contributed by atoms with Crippen molar-refractivity contribution in [2.75, 3.05) is 0 Å². The predicted octanol–water partition coefficient (Wildman–Crippen LogP) is 3.63. The second-order valence-corrected chi connectivity index (χ2v) is 6.38. The van der Waals surface area contributed by atoms with Gasteiger partial charge in [0.05, 0.1) is 12.1 Å². The van der Waals surface area contributed by atoms with Crippen molar-refractivity contribution in [2.45, 2.75) is 24.7 Å². The van der Waals surface area contributed by atoms with Gasteiger partial charge in [0.2, 0.25) is 0 Å². The number of hydrogen-bond acceptors (Lipinski definition) is 3. The van der Waals surface area contributed by atoms with Crippen molar-refractivity contribution in [3.8, 4) is 0 Å². The highest BCUT2D eigenvalue weighted by molar-refractivity contribution is 9.10. The number of rotatable bonds is 1. The average Bonchev–Trinajstić information content (AvgIpc) is 2.85. The Morgan fingerprint density at radius 2 is 1.90 bits per heavy atom. The molecule has 1 unspecified atom stereocenters. The summed E-state index contributed by atoms with van der Waals surface area (Å²) in [5, 5.41) is 0. The number of fused-ring (bicyclic) bond motifs is 1. The highest BCUT2D eigenvalue weighted by Crippen LogP contribution is 2.49. The fraction of sp³-hybridized carbons (Fsp3) is 0.250. The molecule has 104 valence electrons. The minimum atomic E-state index is 0.128. The Labute approximate surface area is 129 Å². The van der Waals surface area contributed by atoms with Crippen LogP contribution in [0.15, 0.2) is 47.1 Å². The van der Waals surface area contributed by atoms with E-state index in [2.05, 4.69) is 49.7 Å². The van der Waals surface area contributed by atoms with Gasteiger partial charge < -0.3 is 9.30 Å². The normalized spacial score (nSPS) is 26.4. The quantitative estimate of drug-likeness (QED) is 0.634. The van der Waals surface area contributed by atoms with Crippen molar-refractivity contribution >= 4 is 27.1 Å². The topological polar surface area (TPSA) is 39.9 Å². The van der Waals surface area contributed by atoms with E-state index in [0.29, 0.717) is 0 Å². The first-order valence-corrected chi connectivity index (χ1v) is 7.85. The molecule has 2 bridgehead atoms. The molecule has 5 heterocycles. The summed E-state index contributed by atoms with van der Waals surface area (Å²) in [6.45, 7) is 0. The minimum absolute atomic E-state index is 0.128. The molecule has 5 heteroatoms. The molecule has 0 N–H and O–H groups in total. The number of nitrogens with zero attached hydrogens (tertiary/aromatic N) is 3. The minimum Gasteiger partial charge on any atom is -0.364 e. The first-order chi connectivity index (χ1) is 10.3. The average molecular weight is 342 g/mol. The number of halogens is 1. The molecule has 0 saturated carbocycles. The zero-order valence-electron chi connectivity index (χ0n) is 11.1. The monoisotopic (exact) mass is 341 g/mol. The van der Waals surface area contributed by atoms with Crippen LogP contribution in [0.1, 0.15) is 30.0 Å². The number of hydrogen-bond donors (Lipinski definition) is 0. The zero-order chi connectivity index (χ0) is 14.0. The maximum absolute atomic E-state index is 6.01. The lowest BCUT2D eigenvalue weighted by atomic mass is 9.88. The number of pyridine rings is 1. The number of imidazole rings is 1. The molecular weight excluding hydrogens is 330 g/mol. The molecule has 1 saturated heterocycles. The van der Waals surface area contributed by atoms with Crippen LogP contribution >= 0.6 is 15.9 Å². The van der Waals surface area contributed by atoms with E-state index in [1.807, 2.05) is 18.2 Å². The largest absolute Gasteiger partial charge is 0.364 e. The Bertz CT molecular complexity index is 839. The smallest absolute Gasteiger partial charge is 0.162 e. The number of aromatic nitrogens is 3. The molecule has 0 amide bonds. The van der Waals surface area contributed by atoms with Gasteiger partial charge in [-0.25, -0.2) is 9.97 Å². The van der Waals surface area contributed by atoms with Crippen LogP contribution in [0.3, 0.4) is 0 Å². The fourth-order valence-electron chi connectivity index (χ4n) is 3.43. The number of ether oxygens (including phenoxy) is 1. The van der Waals surface area contributed by atoms with Gasteiger partial charge in [-0.2, -0.15) is 0 Å². The first-order valence-electron chi connectivity index (χ1n) is 7.06. The van der Waals surface area contributed by atoms with Gasteiger partial charge in [0.15, 0.2) is 5.65 Å². The maximum Gasteiger partial charge on any atom is 0.162 e. The van der Waals surface area contributed by atoms with E-state index >= 15 is 0 Å². The van der Waals surface area contributed by atoms with E-state index in [9.17, 15) is 0 Å². The summed E-state index contributed by atoms with van der Waals surface area (Å²) in [4.78, 5) is 9.38. The molecule has 1 aromatic carbocycles. The molecule has 6 rings (SSSR count). The van der Waals surface area contributed by atoms with E-state index < -0.39 is 0 Å². The summed E-state index contributed by atoms with van der Waals surface area (Å²) in [5.41, 5.74) is 3.12. The molecule has 3 aromatic rings. The van der Waals surface area contributed by atoms with Crippen molar-refractivity contribution in [3.05, 3.63) is 58.5 Å². The summed E-state index contributed by atoms with van der Waals surface area (Å²) >= 11 is 3.46. The van der Waals surface area contributed by atoms with Gasteiger partial charge >= 0.3 is 0 Å². The van der Waals surface area contributed by atoms with Gasteiger partial charge in [-0.1, -0.05) is 30.3 Å². The highest BCUT2D eigenvalue weighted by Gasteiger charge is 2.48. The third-order valence-corrected chi connectivity index (χ3v) is 4.82. The van der Waals surface area contributed by atoms with Crippen LogP contribution in [0, 0.1) is 0 Å². The number of benzene rings is 1.